The van der Waals surface area contributed by atoms with E-state index in [0.29, 0.717) is 22.0 Å². The molecule has 0 fully saturated rings. The molecular weight excluding hydrogens is 425 g/mol. The average Bonchev–Trinajstić information content (AvgIpc) is 3.22. The number of anilines is 1. The smallest absolute Gasteiger partial charge is 0.273 e. The Kier molecular flexibility index (Phi) is 6.67. The molecule has 0 N–H and O–H groups in total. The second-order valence-corrected chi connectivity index (χ2v) is 7.76. The normalized spacial score (nSPS) is 11.4. The van der Waals surface area contributed by atoms with E-state index < -0.39 is 0 Å². The van der Waals surface area contributed by atoms with Crippen molar-refractivity contribution < 1.29 is 13.9 Å². The summed E-state index contributed by atoms with van der Waals surface area (Å²) in [7, 11) is 0. The van der Waals surface area contributed by atoms with E-state index in [9.17, 15) is 9.18 Å². The molecule has 0 aliphatic carbocycles. The van der Waals surface area contributed by atoms with Crippen molar-refractivity contribution in [2.24, 2.45) is 5.10 Å². The number of thiazole rings is 1. The Balaban J connectivity index is 1.64. The maximum Gasteiger partial charge on any atom is 0.273 e. The molecule has 7 heteroatoms. The Labute approximate surface area is 189 Å². The molecule has 0 aliphatic heterocycles. The van der Waals surface area contributed by atoms with Crippen LogP contribution in [0.5, 0.6) is 5.75 Å². The number of hydrogen-bond donors (Lipinski definition) is 0. The van der Waals surface area contributed by atoms with E-state index in [4.69, 9.17) is 4.74 Å². The molecule has 32 heavy (non-hydrogen) atoms. The van der Waals surface area contributed by atoms with Gasteiger partial charge in [-0.05, 0) is 66.6 Å². The number of amides is 1. The second-order valence-electron chi connectivity index (χ2n) is 6.75. The van der Waals surface area contributed by atoms with Crippen molar-refractivity contribution in [2.45, 2.75) is 6.92 Å². The highest BCUT2D eigenvalue weighted by Crippen LogP contribution is 2.30. The standard InChI is InChI=1S/C25H20FN3O2S/c1-2-31-21-12-8-19(9-13-21)17-27-29(24(30)15-10-18-6-4-3-5-7-18)25-28-22-14-11-20(26)16-23(22)32-25/h3-17H,2H2,1H3/b15-10+,27-17+. The zero-order chi connectivity index (χ0) is 22.3. The number of benzene rings is 3. The van der Waals surface area contributed by atoms with Crippen LogP contribution in [0.4, 0.5) is 9.52 Å². The first-order valence-corrected chi connectivity index (χ1v) is 10.8. The van der Waals surface area contributed by atoms with E-state index in [-0.39, 0.29) is 11.7 Å². The molecule has 160 valence electrons. The minimum absolute atomic E-state index is 0.354. The van der Waals surface area contributed by atoms with Gasteiger partial charge in [0.25, 0.3) is 5.91 Å². The van der Waals surface area contributed by atoms with E-state index in [1.807, 2.05) is 61.5 Å². The Morgan fingerprint density at radius 3 is 2.62 bits per heavy atom. The molecule has 3 aromatic carbocycles. The number of carbonyl (C=O) groups excluding carboxylic acids is 1. The molecular formula is C25H20FN3O2S. The second kappa shape index (κ2) is 9.98. The van der Waals surface area contributed by atoms with Crippen molar-refractivity contribution in [3.63, 3.8) is 0 Å². The van der Waals surface area contributed by atoms with Crippen LogP contribution >= 0.6 is 11.3 Å². The van der Waals surface area contributed by atoms with Crippen LogP contribution < -0.4 is 9.75 Å². The van der Waals surface area contributed by atoms with E-state index in [1.165, 1.54) is 34.6 Å². The largest absolute Gasteiger partial charge is 0.494 e. The molecule has 1 heterocycles. The first-order valence-electron chi connectivity index (χ1n) is 10.0. The van der Waals surface area contributed by atoms with Gasteiger partial charge in [-0.2, -0.15) is 10.1 Å². The van der Waals surface area contributed by atoms with Crippen LogP contribution in [0.15, 0.2) is 84.0 Å². The molecule has 1 aromatic heterocycles. The highest BCUT2D eigenvalue weighted by Gasteiger charge is 2.17. The van der Waals surface area contributed by atoms with Crippen LogP contribution in [-0.2, 0) is 4.79 Å². The Morgan fingerprint density at radius 1 is 1.09 bits per heavy atom. The van der Waals surface area contributed by atoms with Crippen molar-refractivity contribution in [1.29, 1.82) is 0 Å². The summed E-state index contributed by atoms with van der Waals surface area (Å²) in [4.78, 5) is 17.5. The van der Waals surface area contributed by atoms with Crippen LogP contribution in [0.2, 0.25) is 0 Å². The number of rotatable bonds is 7. The fourth-order valence-electron chi connectivity index (χ4n) is 2.92. The van der Waals surface area contributed by atoms with E-state index >= 15 is 0 Å². The lowest BCUT2D eigenvalue weighted by atomic mass is 10.2. The van der Waals surface area contributed by atoms with Crippen molar-refractivity contribution in [1.82, 2.24) is 4.98 Å². The topological polar surface area (TPSA) is 54.8 Å². The predicted octanol–water partition coefficient (Wildman–Crippen LogP) is 5.91. The Hall–Kier alpha value is -3.84. The van der Waals surface area contributed by atoms with Gasteiger partial charge in [-0.1, -0.05) is 41.7 Å². The van der Waals surface area contributed by atoms with Gasteiger partial charge in [-0.15, -0.1) is 0 Å². The highest BCUT2D eigenvalue weighted by molar-refractivity contribution is 7.22. The number of carbonyl (C=O) groups is 1. The lowest BCUT2D eigenvalue weighted by Gasteiger charge is -2.11. The first-order chi connectivity index (χ1) is 15.6. The molecule has 1 amide bonds. The van der Waals surface area contributed by atoms with Gasteiger partial charge in [-0.3, -0.25) is 4.79 Å². The first kappa shape index (κ1) is 21.4. The quantitative estimate of drug-likeness (QED) is 0.202. The number of aromatic nitrogens is 1. The third-order valence-electron chi connectivity index (χ3n) is 4.46. The van der Waals surface area contributed by atoms with Gasteiger partial charge in [0, 0.05) is 6.08 Å². The van der Waals surface area contributed by atoms with E-state index in [0.717, 1.165) is 16.9 Å². The predicted molar refractivity (Wildman–Crippen MR) is 128 cm³/mol. The molecule has 4 aromatic rings. The minimum atomic E-state index is -0.365. The van der Waals surface area contributed by atoms with Crippen molar-refractivity contribution in [3.05, 3.63) is 95.8 Å². The number of halogens is 1. The molecule has 0 aliphatic rings. The van der Waals surface area contributed by atoms with Crippen molar-refractivity contribution >= 4 is 44.9 Å². The molecule has 0 spiro atoms. The summed E-state index contributed by atoms with van der Waals surface area (Å²) in [6, 6.07) is 21.2. The zero-order valence-electron chi connectivity index (χ0n) is 17.3. The van der Waals surface area contributed by atoms with Gasteiger partial charge < -0.3 is 4.74 Å². The molecule has 4 rings (SSSR count). The van der Waals surface area contributed by atoms with Gasteiger partial charge in [0.1, 0.15) is 11.6 Å². The monoisotopic (exact) mass is 445 g/mol. The molecule has 0 bridgehead atoms. The van der Waals surface area contributed by atoms with E-state index in [2.05, 4.69) is 10.1 Å². The molecule has 0 saturated heterocycles. The minimum Gasteiger partial charge on any atom is -0.494 e. The molecule has 0 atom stereocenters. The number of hydrazone groups is 1. The number of nitrogens with zero attached hydrogens (tertiary/aromatic N) is 3. The van der Waals surface area contributed by atoms with Gasteiger partial charge in [0.05, 0.1) is 23.0 Å². The summed E-state index contributed by atoms with van der Waals surface area (Å²) in [5, 5.41) is 5.97. The third kappa shape index (κ3) is 5.25. The maximum absolute atomic E-state index is 13.6. The lowest BCUT2D eigenvalue weighted by Crippen LogP contribution is -2.23. The maximum atomic E-state index is 13.6. The molecule has 0 unspecified atom stereocenters. The number of hydrogen-bond acceptors (Lipinski definition) is 5. The fourth-order valence-corrected chi connectivity index (χ4v) is 3.87. The lowest BCUT2D eigenvalue weighted by molar-refractivity contribution is -0.114. The molecule has 0 radical (unpaired) electrons. The number of ether oxygens (including phenoxy) is 1. The summed E-state index contributed by atoms with van der Waals surface area (Å²) in [6.45, 7) is 2.51. The van der Waals surface area contributed by atoms with Crippen molar-refractivity contribution in [2.75, 3.05) is 11.6 Å². The summed E-state index contributed by atoms with van der Waals surface area (Å²) in [6.07, 6.45) is 4.74. The number of fused-ring (bicyclic) bond motifs is 1. The van der Waals surface area contributed by atoms with E-state index in [1.54, 1.807) is 18.4 Å². The summed E-state index contributed by atoms with van der Waals surface area (Å²) in [5.74, 6) is 0.0413. The summed E-state index contributed by atoms with van der Waals surface area (Å²) < 4.78 is 19.7. The SMILES string of the molecule is CCOc1ccc(/C=N/N(C(=O)/C=C/c2ccccc2)c2nc3ccc(F)cc3s2)cc1. The average molecular weight is 446 g/mol. The Bertz CT molecular complexity index is 1270. The van der Waals surface area contributed by atoms with Crippen LogP contribution in [0.1, 0.15) is 18.1 Å². The van der Waals surface area contributed by atoms with Gasteiger partial charge in [0.2, 0.25) is 5.13 Å². The third-order valence-corrected chi connectivity index (χ3v) is 5.45. The summed E-state index contributed by atoms with van der Waals surface area (Å²) >= 11 is 1.20. The van der Waals surface area contributed by atoms with Crippen LogP contribution in [0, 0.1) is 5.82 Å². The van der Waals surface area contributed by atoms with Crippen LogP contribution in [-0.4, -0.2) is 23.7 Å². The molecule has 5 nitrogen and oxygen atoms in total. The summed E-state index contributed by atoms with van der Waals surface area (Å²) in [5.41, 5.74) is 2.29. The molecule has 0 saturated carbocycles. The van der Waals surface area contributed by atoms with Gasteiger partial charge in [0.15, 0.2) is 0 Å². The van der Waals surface area contributed by atoms with Crippen molar-refractivity contribution in [3.8, 4) is 5.75 Å². The van der Waals surface area contributed by atoms with Crippen LogP contribution in [0.3, 0.4) is 0 Å². The van der Waals surface area contributed by atoms with Crippen LogP contribution in [0.25, 0.3) is 16.3 Å². The Morgan fingerprint density at radius 2 is 1.88 bits per heavy atom. The zero-order valence-corrected chi connectivity index (χ0v) is 18.1. The fraction of sp³-hybridized carbons (Fsp3) is 0.0800. The van der Waals surface area contributed by atoms with Gasteiger partial charge in [-0.25, -0.2) is 9.37 Å². The van der Waals surface area contributed by atoms with Gasteiger partial charge >= 0.3 is 0 Å². The highest BCUT2D eigenvalue weighted by atomic mass is 32.1.